The smallest absolute Gasteiger partial charge is 0.123 e. The molecule has 3 heteroatoms. The van der Waals surface area contributed by atoms with Crippen molar-refractivity contribution >= 4 is 0 Å². The first-order valence-electron chi connectivity index (χ1n) is 8.22. The van der Waals surface area contributed by atoms with Gasteiger partial charge in [-0.25, -0.2) is 4.39 Å². The summed E-state index contributed by atoms with van der Waals surface area (Å²) >= 11 is 0. The number of benzene rings is 1. The van der Waals surface area contributed by atoms with E-state index in [0.29, 0.717) is 12.0 Å². The van der Waals surface area contributed by atoms with E-state index >= 15 is 0 Å². The van der Waals surface area contributed by atoms with Crippen LogP contribution < -0.4 is 4.74 Å². The Morgan fingerprint density at radius 1 is 1.19 bits per heavy atom. The minimum absolute atomic E-state index is 0.217. The number of rotatable bonds is 7. The van der Waals surface area contributed by atoms with Gasteiger partial charge in [-0.2, -0.15) is 0 Å². The van der Waals surface area contributed by atoms with E-state index in [1.54, 1.807) is 12.1 Å². The monoisotopic (exact) mass is 293 g/mol. The molecule has 0 bridgehead atoms. The molecule has 0 N–H and O–H groups in total. The Balaban J connectivity index is 1.61. The number of likely N-dealkylation sites (tertiary alicyclic amines) is 1. The lowest BCUT2D eigenvalue weighted by molar-refractivity contribution is 0.105. The van der Waals surface area contributed by atoms with Crippen LogP contribution in [0.2, 0.25) is 0 Å². The van der Waals surface area contributed by atoms with Gasteiger partial charge in [0, 0.05) is 6.54 Å². The van der Waals surface area contributed by atoms with Gasteiger partial charge in [0.25, 0.3) is 0 Å². The van der Waals surface area contributed by atoms with Crippen LogP contribution in [0.3, 0.4) is 0 Å². The van der Waals surface area contributed by atoms with Crippen LogP contribution >= 0.6 is 0 Å². The second-order valence-electron chi connectivity index (χ2n) is 6.56. The molecule has 1 heterocycles. The number of hydrogen-bond donors (Lipinski definition) is 0. The van der Waals surface area contributed by atoms with Crippen molar-refractivity contribution in [3.05, 3.63) is 30.1 Å². The Kier molecular flexibility index (Phi) is 6.04. The maximum atomic E-state index is 12.8. The third-order valence-electron chi connectivity index (χ3n) is 4.62. The first kappa shape index (κ1) is 16.3. The Hall–Kier alpha value is -1.09. The molecular weight excluding hydrogens is 265 g/mol. The van der Waals surface area contributed by atoms with Crippen molar-refractivity contribution < 1.29 is 9.13 Å². The number of hydrogen-bond acceptors (Lipinski definition) is 2. The third-order valence-corrected chi connectivity index (χ3v) is 4.62. The van der Waals surface area contributed by atoms with E-state index in [9.17, 15) is 4.39 Å². The minimum atomic E-state index is -0.217. The number of halogens is 1. The zero-order chi connectivity index (χ0) is 15.1. The van der Waals surface area contributed by atoms with Crippen LogP contribution in [0.1, 0.15) is 46.0 Å². The van der Waals surface area contributed by atoms with Gasteiger partial charge in [0.15, 0.2) is 0 Å². The van der Waals surface area contributed by atoms with Crippen LogP contribution in [0.25, 0.3) is 0 Å². The molecule has 0 aliphatic carbocycles. The van der Waals surface area contributed by atoms with Crippen molar-refractivity contribution in [1.82, 2.24) is 4.90 Å². The summed E-state index contributed by atoms with van der Waals surface area (Å²) in [6.07, 6.45) is 6.32. The molecule has 1 aliphatic rings. The van der Waals surface area contributed by atoms with Gasteiger partial charge in [0.05, 0.1) is 6.61 Å². The Morgan fingerprint density at radius 3 is 2.48 bits per heavy atom. The van der Waals surface area contributed by atoms with E-state index in [-0.39, 0.29) is 5.82 Å². The highest BCUT2D eigenvalue weighted by Crippen LogP contribution is 2.35. The van der Waals surface area contributed by atoms with Crippen LogP contribution in [0.5, 0.6) is 5.75 Å². The van der Waals surface area contributed by atoms with Crippen molar-refractivity contribution in [3.8, 4) is 5.75 Å². The Bertz CT molecular complexity index is 410. The Labute approximate surface area is 128 Å². The van der Waals surface area contributed by atoms with E-state index in [1.165, 1.54) is 50.9 Å². The largest absolute Gasteiger partial charge is 0.494 e. The van der Waals surface area contributed by atoms with Gasteiger partial charge < -0.3 is 9.64 Å². The molecule has 0 spiro atoms. The van der Waals surface area contributed by atoms with E-state index in [2.05, 4.69) is 18.7 Å². The molecule has 0 radical (unpaired) electrons. The molecule has 0 amide bonds. The van der Waals surface area contributed by atoms with Crippen molar-refractivity contribution in [3.63, 3.8) is 0 Å². The number of piperidine rings is 1. The van der Waals surface area contributed by atoms with E-state index in [1.807, 2.05) is 0 Å². The fourth-order valence-corrected chi connectivity index (χ4v) is 3.18. The summed E-state index contributed by atoms with van der Waals surface area (Å²) in [5.41, 5.74) is 0.565. The van der Waals surface area contributed by atoms with Crippen LogP contribution in [0.15, 0.2) is 24.3 Å². The number of ether oxygens (including phenoxy) is 1. The third kappa shape index (κ3) is 5.31. The van der Waals surface area contributed by atoms with Crippen molar-refractivity contribution in [1.29, 1.82) is 0 Å². The second-order valence-corrected chi connectivity index (χ2v) is 6.56. The predicted molar refractivity (Wildman–Crippen MR) is 85.2 cm³/mol. The molecular formula is C18H28FNO. The molecule has 1 saturated heterocycles. The fourth-order valence-electron chi connectivity index (χ4n) is 3.18. The van der Waals surface area contributed by atoms with Crippen LogP contribution in [-0.4, -0.2) is 31.1 Å². The summed E-state index contributed by atoms with van der Waals surface area (Å²) in [4.78, 5) is 2.55. The van der Waals surface area contributed by atoms with Gasteiger partial charge in [-0.15, -0.1) is 0 Å². The van der Waals surface area contributed by atoms with Crippen molar-refractivity contribution in [2.75, 3.05) is 26.2 Å². The van der Waals surface area contributed by atoms with Gasteiger partial charge in [-0.1, -0.05) is 20.3 Å². The molecule has 2 nitrogen and oxygen atoms in total. The lowest BCUT2D eigenvalue weighted by atomic mass is 9.77. The van der Waals surface area contributed by atoms with Gasteiger partial charge in [0.2, 0.25) is 0 Å². The van der Waals surface area contributed by atoms with Crippen molar-refractivity contribution in [2.45, 2.75) is 46.0 Å². The lowest BCUT2D eigenvalue weighted by Gasteiger charge is -2.39. The summed E-state index contributed by atoms with van der Waals surface area (Å²) < 4.78 is 18.4. The highest BCUT2D eigenvalue weighted by molar-refractivity contribution is 5.21. The topological polar surface area (TPSA) is 12.5 Å². The predicted octanol–water partition coefficient (Wildman–Crippen LogP) is 4.50. The quantitative estimate of drug-likeness (QED) is 0.686. The molecule has 1 fully saturated rings. The lowest BCUT2D eigenvalue weighted by Crippen LogP contribution is -2.39. The summed E-state index contributed by atoms with van der Waals surface area (Å²) in [7, 11) is 0. The average molecular weight is 293 g/mol. The maximum absolute atomic E-state index is 12.8. The summed E-state index contributed by atoms with van der Waals surface area (Å²) in [5, 5.41) is 0. The normalized spacial score (nSPS) is 18.6. The minimum Gasteiger partial charge on any atom is -0.494 e. The molecule has 0 atom stereocenters. The van der Waals surface area contributed by atoms with Crippen LogP contribution in [0, 0.1) is 11.2 Å². The molecule has 1 aliphatic heterocycles. The molecule has 1 aromatic rings. The van der Waals surface area contributed by atoms with Crippen LogP contribution in [0.4, 0.5) is 4.39 Å². The average Bonchev–Trinajstić information content (AvgIpc) is 2.48. The van der Waals surface area contributed by atoms with Gasteiger partial charge in [-0.05, 0) is 68.5 Å². The Morgan fingerprint density at radius 2 is 1.86 bits per heavy atom. The molecule has 0 unspecified atom stereocenters. The fraction of sp³-hybridized carbons (Fsp3) is 0.667. The van der Waals surface area contributed by atoms with Gasteiger partial charge >= 0.3 is 0 Å². The van der Waals surface area contributed by atoms with E-state index in [4.69, 9.17) is 4.74 Å². The molecule has 118 valence electrons. The molecule has 2 rings (SSSR count). The second kappa shape index (κ2) is 7.79. The highest BCUT2D eigenvalue weighted by atomic mass is 19.1. The highest BCUT2D eigenvalue weighted by Gasteiger charge is 2.28. The molecule has 1 aromatic carbocycles. The molecule has 0 aromatic heterocycles. The van der Waals surface area contributed by atoms with Crippen LogP contribution in [-0.2, 0) is 0 Å². The van der Waals surface area contributed by atoms with Gasteiger partial charge in [0.1, 0.15) is 11.6 Å². The maximum Gasteiger partial charge on any atom is 0.123 e. The summed E-state index contributed by atoms with van der Waals surface area (Å²) in [6.45, 7) is 8.95. The standard InChI is InChI=1S/C18H28FNO/c1-3-9-18(2)10-13-20(14-11-18)12-4-15-21-17-7-5-16(19)6-8-17/h5-8H,3-4,9-15H2,1-2H3. The van der Waals surface area contributed by atoms with E-state index < -0.39 is 0 Å². The molecule has 21 heavy (non-hydrogen) atoms. The summed E-state index contributed by atoms with van der Waals surface area (Å²) in [5.74, 6) is 0.538. The number of nitrogens with zero attached hydrogens (tertiary/aromatic N) is 1. The first-order valence-corrected chi connectivity index (χ1v) is 8.22. The zero-order valence-corrected chi connectivity index (χ0v) is 13.4. The summed E-state index contributed by atoms with van der Waals surface area (Å²) in [6, 6.07) is 6.25. The first-order chi connectivity index (χ1) is 10.1. The SMILES string of the molecule is CCCC1(C)CCN(CCCOc2ccc(F)cc2)CC1. The van der Waals surface area contributed by atoms with E-state index in [0.717, 1.165) is 18.7 Å². The zero-order valence-electron chi connectivity index (χ0n) is 13.4. The van der Waals surface area contributed by atoms with Crippen molar-refractivity contribution in [2.24, 2.45) is 5.41 Å². The van der Waals surface area contributed by atoms with Gasteiger partial charge in [-0.3, -0.25) is 0 Å². The molecule has 0 saturated carbocycles.